The van der Waals surface area contributed by atoms with E-state index in [4.69, 9.17) is 16.3 Å². The summed E-state index contributed by atoms with van der Waals surface area (Å²) in [4.78, 5) is 38.8. The van der Waals surface area contributed by atoms with E-state index in [1.54, 1.807) is 6.07 Å². The fourth-order valence-corrected chi connectivity index (χ4v) is 2.80. The van der Waals surface area contributed by atoms with Crippen molar-refractivity contribution >= 4 is 28.2 Å². The summed E-state index contributed by atoms with van der Waals surface area (Å²) in [7, 11) is 1.22. The minimum absolute atomic E-state index is 0.00676. The average Bonchev–Trinajstić information content (AvgIpc) is 2.68. The lowest BCUT2D eigenvalue weighted by Crippen LogP contribution is -2.11. The summed E-state index contributed by atoms with van der Waals surface area (Å²) in [6.45, 7) is 0. The number of benzene rings is 2. The number of nitrogens with one attached hydrogen (secondary N) is 1. The van der Waals surface area contributed by atoms with Gasteiger partial charge in [-0.25, -0.2) is 0 Å². The molecule has 0 bridgehead atoms. The van der Waals surface area contributed by atoms with Gasteiger partial charge in [-0.05, 0) is 24.3 Å². The van der Waals surface area contributed by atoms with Crippen molar-refractivity contribution in [2.75, 3.05) is 7.11 Å². The second-order valence-electron chi connectivity index (χ2n) is 5.16. The van der Waals surface area contributed by atoms with Crippen LogP contribution in [0.2, 0.25) is 5.02 Å². The standard InChI is InChI=1S/C17H11ClN2O5/c1-25-16-14(11-4-2-3-5-13(11)20(23)24)15(21)10-7-6-9(18)8-12(10)19-17(16)22/h2-8H,1H3,(H,19,22). The predicted molar refractivity (Wildman–Crippen MR) is 94.5 cm³/mol. The molecule has 3 aromatic rings. The van der Waals surface area contributed by atoms with E-state index < -0.39 is 15.9 Å². The molecule has 1 heterocycles. The number of nitro benzene ring substituents is 1. The molecule has 0 amide bonds. The van der Waals surface area contributed by atoms with Gasteiger partial charge in [-0.1, -0.05) is 23.7 Å². The van der Waals surface area contributed by atoms with Gasteiger partial charge in [0.1, 0.15) is 0 Å². The maximum absolute atomic E-state index is 13.0. The Bertz CT molecular complexity index is 1120. The number of halogens is 1. The van der Waals surface area contributed by atoms with Crippen LogP contribution >= 0.6 is 11.6 Å². The minimum atomic E-state index is -0.690. The molecule has 0 aliphatic heterocycles. The minimum Gasteiger partial charge on any atom is -0.491 e. The Morgan fingerprint density at radius 1 is 1.16 bits per heavy atom. The van der Waals surface area contributed by atoms with E-state index in [9.17, 15) is 19.7 Å². The Morgan fingerprint density at radius 3 is 2.56 bits per heavy atom. The van der Waals surface area contributed by atoms with Crippen LogP contribution in [0, 0.1) is 10.1 Å². The number of rotatable bonds is 3. The number of fused-ring (bicyclic) bond motifs is 1. The third-order valence-electron chi connectivity index (χ3n) is 3.71. The van der Waals surface area contributed by atoms with Gasteiger partial charge in [0.05, 0.1) is 28.7 Å². The zero-order valence-electron chi connectivity index (χ0n) is 12.9. The van der Waals surface area contributed by atoms with Crippen molar-refractivity contribution in [2.24, 2.45) is 0 Å². The number of H-pyrrole nitrogens is 1. The van der Waals surface area contributed by atoms with Gasteiger partial charge in [0.15, 0.2) is 11.2 Å². The van der Waals surface area contributed by atoms with Gasteiger partial charge < -0.3 is 9.72 Å². The zero-order chi connectivity index (χ0) is 18.1. The van der Waals surface area contributed by atoms with Crippen LogP contribution in [0.15, 0.2) is 52.1 Å². The van der Waals surface area contributed by atoms with Gasteiger partial charge >= 0.3 is 0 Å². The molecule has 0 aliphatic carbocycles. The number of ether oxygens (including phenoxy) is 1. The Kier molecular flexibility index (Phi) is 4.24. The summed E-state index contributed by atoms with van der Waals surface area (Å²) in [6.07, 6.45) is 0. The van der Waals surface area contributed by atoms with Crippen molar-refractivity contribution in [2.45, 2.75) is 0 Å². The molecule has 7 nitrogen and oxygen atoms in total. The van der Waals surface area contributed by atoms with E-state index in [2.05, 4.69) is 4.98 Å². The van der Waals surface area contributed by atoms with E-state index in [0.29, 0.717) is 5.02 Å². The number of aromatic nitrogens is 1. The molecule has 0 saturated carbocycles. The van der Waals surface area contributed by atoms with Crippen molar-refractivity contribution in [1.82, 2.24) is 4.98 Å². The molecule has 8 heteroatoms. The zero-order valence-corrected chi connectivity index (χ0v) is 13.7. The van der Waals surface area contributed by atoms with Crippen LogP contribution in [0.1, 0.15) is 0 Å². The summed E-state index contributed by atoms with van der Waals surface area (Å²) in [5, 5.41) is 11.8. The third kappa shape index (κ3) is 2.85. The summed E-state index contributed by atoms with van der Waals surface area (Å²) < 4.78 is 5.11. The van der Waals surface area contributed by atoms with E-state index in [0.717, 1.165) is 0 Å². The Hall–Kier alpha value is -3.19. The number of para-hydroxylation sites is 1. The van der Waals surface area contributed by atoms with Gasteiger partial charge in [0.25, 0.3) is 11.2 Å². The first-order valence-electron chi connectivity index (χ1n) is 7.11. The fraction of sp³-hybridized carbons (Fsp3) is 0.0588. The first kappa shape index (κ1) is 16.7. The molecule has 126 valence electrons. The van der Waals surface area contributed by atoms with E-state index in [1.165, 1.54) is 43.5 Å². The molecular formula is C17H11ClN2O5. The van der Waals surface area contributed by atoms with Crippen LogP contribution < -0.4 is 15.7 Å². The van der Waals surface area contributed by atoms with Crippen LogP contribution in [-0.2, 0) is 0 Å². The summed E-state index contributed by atoms with van der Waals surface area (Å²) >= 11 is 5.92. The lowest BCUT2D eigenvalue weighted by molar-refractivity contribution is -0.384. The normalized spacial score (nSPS) is 10.6. The number of hydrogen-bond acceptors (Lipinski definition) is 5. The van der Waals surface area contributed by atoms with Gasteiger partial charge in [-0.3, -0.25) is 19.7 Å². The second kappa shape index (κ2) is 6.37. The molecule has 3 rings (SSSR count). The molecular weight excluding hydrogens is 348 g/mol. The first-order chi connectivity index (χ1) is 11.9. The monoisotopic (exact) mass is 358 g/mol. The molecule has 1 aromatic heterocycles. The Morgan fingerprint density at radius 2 is 1.88 bits per heavy atom. The highest BCUT2D eigenvalue weighted by molar-refractivity contribution is 6.31. The average molecular weight is 359 g/mol. The fourth-order valence-electron chi connectivity index (χ4n) is 2.63. The van der Waals surface area contributed by atoms with Gasteiger partial charge in [0.2, 0.25) is 0 Å². The quantitative estimate of drug-likeness (QED) is 0.572. The van der Waals surface area contributed by atoms with Gasteiger partial charge in [-0.15, -0.1) is 0 Å². The molecule has 25 heavy (non-hydrogen) atoms. The van der Waals surface area contributed by atoms with Crippen LogP contribution in [-0.4, -0.2) is 17.0 Å². The highest BCUT2D eigenvalue weighted by atomic mass is 35.5. The summed E-state index contributed by atoms with van der Waals surface area (Å²) in [5.41, 5.74) is -1.52. The Balaban J connectivity index is 2.58. The van der Waals surface area contributed by atoms with Gasteiger partial charge in [-0.2, -0.15) is 0 Å². The van der Waals surface area contributed by atoms with Crippen LogP contribution in [0.3, 0.4) is 0 Å². The maximum Gasteiger partial charge on any atom is 0.291 e. The third-order valence-corrected chi connectivity index (χ3v) is 3.94. The predicted octanol–water partition coefficient (Wildman–Crippen LogP) is 3.13. The topological polar surface area (TPSA) is 102 Å². The van der Waals surface area contributed by atoms with E-state index >= 15 is 0 Å². The maximum atomic E-state index is 13.0. The largest absolute Gasteiger partial charge is 0.491 e. The smallest absolute Gasteiger partial charge is 0.291 e. The molecule has 0 spiro atoms. The lowest BCUT2D eigenvalue weighted by Gasteiger charge is -2.04. The van der Waals surface area contributed by atoms with Crippen molar-refractivity contribution in [3.8, 4) is 16.9 Å². The van der Waals surface area contributed by atoms with Crippen LogP contribution in [0.4, 0.5) is 5.69 Å². The van der Waals surface area contributed by atoms with Crippen LogP contribution in [0.5, 0.6) is 5.75 Å². The number of nitro groups is 1. The summed E-state index contributed by atoms with van der Waals surface area (Å²) in [6, 6.07) is 10.1. The Labute approximate surface area is 145 Å². The lowest BCUT2D eigenvalue weighted by atomic mass is 10.0. The van der Waals surface area contributed by atoms with Crippen molar-refractivity contribution < 1.29 is 9.66 Å². The molecule has 0 saturated heterocycles. The molecule has 0 atom stereocenters. The highest BCUT2D eigenvalue weighted by Gasteiger charge is 2.23. The first-order valence-corrected chi connectivity index (χ1v) is 7.49. The molecule has 0 fully saturated rings. The van der Waals surface area contributed by atoms with Gasteiger partial charge in [0, 0.05) is 16.5 Å². The van der Waals surface area contributed by atoms with Crippen molar-refractivity contribution in [1.29, 1.82) is 0 Å². The molecule has 1 N–H and O–H groups in total. The number of nitrogens with zero attached hydrogens (tertiary/aromatic N) is 1. The molecule has 0 radical (unpaired) electrons. The number of hydrogen-bond donors (Lipinski definition) is 1. The van der Waals surface area contributed by atoms with E-state index in [1.807, 2.05) is 0 Å². The number of aromatic amines is 1. The van der Waals surface area contributed by atoms with Crippen molar-refractivity contribution in [3.63, 3.8) is 0 Å². The molecule has 0 unspecified atom stereocenters. The number of methoxy groups -OCH3 is 1. The van der Waals surface area contributed by atoms with Crippen LogP contribution in [0.25, 0.3) is 22.0 Å². The highest BCUT2D eigenvalue weighted by Crippen LogP contribution is 2.32. The second-order valence-corrected chi connectivity index (χ2v) is 5.59. The molecule has 2 aromatic carbocycles. The van der Waals surface area contributed by atoms with E-state index in [-0.39, 0.29) is 33.5 Å². The van der Waals surface area contributed by atoms with Crippen molar-refractivity contribution in [3.05, 3.63) is 78.2 Å². The SMILES string of the molecule is COc1c(-c2ccccc2[N+](=O)[O-])c(=O)c2ccc(Cl)cc2[nH]c1=O. The molecule has 0 aliphatic rings. The summed E-state index contributed by atoms with van der Waals surface area (Å²) in [5.74, 6) is -0.299.